The predicted molar refractivity (Wildman–Crippen MR) is 73.2 cm³/mol. The van der Waals surface area contributed by atoms with E-state index >= 15 is 0 Å². The second-order valence-electron chi connectivity index (χ2n) is 4.28. The lowest BCUT2D eigenvalue weighted by Gasteiger charge is -2.05. The van der Waals surface area contributed by atoms with Crippen LogP contribution in [0.1, 0.15) is 11.3 Å². The Hall–Kier alpha value is -1.52. The van der Waals surface area contributed by atoms with E-state index in [9.17, 15) is 0 Å². The molecule has 0 amide bonds. The van der Waals surface area contributed by atoms with Crippen molar-refractivity contribution in [3.63, 3.8) is 0 Å². The van der Waals surface area contributed by atoms with Gasteiger partial charge in [0.1, 0.15) is 5.75 Å². The molecule has 4 heteroatoms. The number of hydrogen-bond donors (Lipinski definition) is 2. The van der Waals surface area contributed by atoms with Gasteiger partial charge in [-0.2, -0.15) is 0 Å². The summed E-state index contributed by atoms with van der Waals surface area (Å²) in [6.07, 6.45) is 0. The molecule has 0 aliphatic carbocycles. The quantitative estimate of drug-likeness (QED) is 0.771. The molecule has 0 spiro atoms. The number of fused-ring (bicyclic) bond motifs is 1. The fourth-order valence-corrected chi connectivity index (χ4v) is 2.16. The summed E-state index contributed by atoms with van der Waals surface area (Å²) >= 11 is 0. The summed E-state index contributed by atoms with van der Waals surface area (Å²) in [5.74, 6) is 0.888. The van der Waals surface area contributed by atoms with Gasteiger partial charge in [0, 0.05) is 31.3 Å². The summed E-state index contributed by atoms with van der Waals surface area (Å²) in [4.78, 5) is 3.39. The topological polar surface area (TPSA) is 46.3 Å². The molecule has 0 fully saturated rings. The number of para-hydroxylation sites is 1. The minimum Gasteiger partial charge on any atom is -0.495 e. The number of hydrogen-bond acceptors (Lipinski definition) is 3. The number of ether oxygens (including phenoxy) is 2. The molecule has 0 bridgehead atoms. The molecule has 2 aromatic rings. The summed E-state index contributed by atoms with van der Waals surface area (Å²) in [6.45, 7) is 4.51. The van der Waals surface area contributed by atoms with Crippen molar-refractivity contribution in [1.29, 1.82) is 0 Å². The van der Waals surface area contributed by atoms with Crippen LogP contribution in [0.25, 0.3) is 10.9 Å². The first kappa shape index (κ1) is 12.9. The van der Waals surface area contributed by atoms with Gasteiger partial charge in [0.25, 0.3) is 0 Å². The molecule has 2 N–H and O–H groups in total. The molecule has 1 aromatic heterocycles. The zero-order valence-corrected chi connectivity index (χ0v) is 11.2. The molecule has 18 heavy (non-hydrogen) atoms. The first-order valence-electron chi connectivity index (χ1n) is 6.11. The molecule has 0 saturated carbocycles. The maximum atomic E-state index is 5.37. The van der Waals surface area contributed by atoms with E-state index in [0.29, 0.717) is 0 Å². The summed E-state index contributed by atoms with van der Waals surface area (Å²) in [5.41, 5.74) is 3.54. The van der Waals surface area contributed by atoms with Crippen molar-refractivity contribution in [2.45, 2.75) is 13.5 Å². The fourth-order valence-electron chi connectivity index (χ4n) is 2.16. The number of H-pyrrole nitrogens is 1. The lowest BCUT2D eigenvalue weighted by molar-refractivity contribution is 0.199. The normalized spacial score (nSPS) is 11.1. The standard InChI is InChI=1S/C14H20N2O2/c1-10-12(9-15-7-8-17-2)11-5-4-6-13(18-3)14(11)16-10/h4-6,15-16H,7-9H2,1-3H3. The van der Waals surface area contributed by atoms with Crippen molar-refractivity contribution >= 4 is 10.9 Å². The largest absolute Gasteiger partial charge is 0.495 e. The van der Waals surface area contributed by atoms with E-state index in [1.807, 2.05) is 12.1 Å². The predicted octanol–water partition coefficient (Wildman–Crippen LogP) is 2.22. The molecule has 1 aromatic carbocycles. The first-order valence-corrected chi connectivity index (χ1v) is 6.11. The second-order valence-corrected chi connectivity index (χ2v) is 4.28. The van der Waals surface area contributed by atoms with Crippen molar-refractivity contribution in [3.8, 4) is 5.75 Å². The lowest BCUT2D eigenvalue weighted by atomic mass is 10.1. The molecule has 0 unspecified atom stereocenters. The molecule has 4 nitrogen and oxygen atoms in total. The van der Waals surface area contributed by atoms with E-state index in [-0.39, 0.29) is 0 Å². The van der Waals surface area contributed by atoms with Crippen LogP contribution < -0.4 is 10.1 Å². The second kappa shape index (κ2) is 5.89. The number of nitrogens with one attached hydrogen (secondary N) is 2. The maximum absolute atomic E-state index is 5.37. The number of aryl methyl sites for hydroxylation is 1. The molecule has 0 aliphatic rings. The molecule has 1 heterocycles. The lowest BCUT2D eigenvalue weighted by Crippen LogP contribution is -2.18. The average molecular weight is 248 g/mol. The van der Waals surface area contributed by atoms with Gasteiger partial charge in [0.2, 0.25) is 0 Å². The van der Waals surface area contributed by atoms with Gasteiger partial charge >= 0.3 is 0 Å². The molecule has 0 radical (unpaired) electrons. The van der Waals surface area contributed by atoms with Gasteiger partial charge in [0.15, 0.2) is 0 Å². The third-order valence-electron chi connectivity index (χ3n) is 3.12. The molecule has 0 saturated heterocycles. The molecule has 0 atom stereocenters. The number of benzene rings is 1. The highest BCUT2D eigenvalue weighted by Gasteiger charge is 2.10. The van der Waals surface area contributed by atoms with Gasteiger partial charge in [-0.1, -0.05) is 12.1 Å². The minimum absolute atomic E-state index is 0.727. The molecule has 0 aliphatic heterocycles. The molecule has 98 valence electrons. The fraction of sp³-hybridized carbons (Fsp3) is 0.429. The van der Waals surface area contributed by atoms with Gasteiger partial charge in [-0.25, -0.2) is 0 Å². The van der Waals surface area contributed by atoms with Crippen LogP contribution in [0.3, 0.4) is 0 Å². The van der Waals surface area contributed by atoms with E-state index in [1.54, 1.807) is 14.2 Å². The highest BCUT2D eigenvalue weighted by Crippen LogP contribution is 2.29. The van der Waals surface area contributed by atoms with Gasteiger partial charge in [0.05, 0.1) is 19.2 Å². The van der Waals surface area contributed by atoms with Crippen LogP contribution in [0.5, 0.6) is 5.75 Å². The van der Waals surface area contributed by atoms with Crippen LogP contribution >= 0.6 is 0 Å². The molecule has 2 rings (SSSR count). The van der Waals surface area contributed by atoms with E-state index < -0.39 is 0 Å². The van der Waals surface area contributed by atoms with E-state index in [4.69, 9.17) is 9.47 Å². The Bertz CT molecular complexity index is 520. The Morgan fingerprint density at radius 2 is 2.11 bits per heavy atom. The Balaban J connectivity index is 2.24. The Morgan fingerprint density at radius 3 is 2.83 bits per heavy atom. The summed E-state index contributed by atoms with van der Waals surface area (Å²) in [6, 6.07) is 6.11. The van der Waals surface area contributed by atoms with Crippen molar-refractivity contribution in [1.82, 2.24) is 10.3 Å². The van der Waals surface area contributed by atoms with Crippen LogP contribution in [-0.2, 0) is 11.3 Å². The first-order chi connectivity index (χ1) is 8.77. The highest BCUT2D eigenvalue weighted by atomic mass is 16.5. The Morgan fingerprint density at radius 1 is 1.28 bits per heavy atom. The van der Waals surface area contributed by atoms with Crippen LogP contribution in [0.2, 0.25) is 0 Å². The smallest absolute Gasteiger partial charge is 0.142 e. The molecular weight excluding hydrogens is 228 g/mol. The van der Waals surface area contributed by atoms with Gasteiger partial charge in [-0.05, 0) is 18.6 Å². The van der Waals surface area contributed by atoms with Gasteiger partial charge < -0.3 is 19.8 Å². The third kappa shape index (κ3) is 2.49. The van der Waals surface area contributed by atoms with Crippen LogP contribution in [0, 0.1) is 6.92 Å². The average Bonchev–Trinajstić information content (AvgIpc) is 2.70. The van der Waals surface area contributed by atoms with Gasteiger partial charge in [-0.3, -0.25) is 0 Å². The number of aromatic nitrogens is 1. The maximum Gasteiger partial charge on any atom is 0.142 e. The van der Waals surface area contributed by atoms with Crippen LogP contribution in [0.4, 0.5) is 0 Å². The van der Waals surface area contributed by atoms with Crippen molar-refractivity contribution in [3.05, 3.63) is 29.5 Å². The van der Waals surface area contributed by atoms with Crippen LogP contribution in [-0.4, -0.2) is 32.4 Å². The molecular formula is C14H20N2O2. The van der Waals surface area contributed by atoms with Crippen LogP contribution in [0.15, 0.2) is 18.2 Å². The van der Waals surface area contributed by atoms with E-state index in [0.717, 1.165) is 31.0 Å². The summed E-state index contributed by atoms with van der Waals surface area (Å²) in [5, 5.41) is 4.59. The van der Waals surface area contributed by atoms with Crippen molar-refractivity contribution in [2.24, 2.45) is 0 Å². The highest BCUT2D eigenvalue weighted by molar-refractivity contribution is 5.89. The zero-order chi connectivity index (χ0) is 13.0. The van der Waals surface area contributed by atoms with E-state index in [1.165, 1.54) is 16.6 Å². The summed E-state index contributed by atoms with van der Waals surface area (Å²) in [7, 11) is 3.41. The Kier molecular flexibility index (Phi) is 4.23. The van der Waals surface area contributed by atoms with Gasteiger partial charge in [-0.15, -0.1) is 0 Å². The van der Waals surface area contributed by atoms with Crippen molar-refractivity contribution < 1.29 is 9.47 Å². The van der Waals surface area contributed by atoms with E-state index in [2.05, 4.69) is 23.3 Å². The zero-order valence-electron chi connectivity index (χ0n) is 11.2. The van der Waals surface area contributed by atoms with Crippen molar-refractivity contribution in [2.75, 3.05) is 27.4 Å². The Labute approximate surface area is 107 Å². The summed E-state index contributed by atoms with van der Waals surface area (Å²) < 4.78 is 10.4. The number of aromatic amines is 1. The SMILES string of the molecule is COCCNCc1c(C)[nH]c2c(OC)cccc12. The minimum atomic E-state index is 0.727. The monoisotopic (exact) mass is 248 g/mol. The number of methoxy groups -OCH3 is 2. The number of rotatable bonds is 6. The third-order valence-corrected chi connectivity index (χ3v) is 3.12.